The summed E-state index contributed by atoms with van der Waals surface area (Å²) in [6, 6.07) is 3.74. The normalized spacial score (nSPS) is 23.2. The zero-order valence-corrected chi connectivity index (χ0v) is 17.1. The minimum Gasteiger partial charge on any atom is -0.493 e. The highest BCUT2D eigenvalue weighted by Crippen LogP contribution is 2.35. The Balaban J connectivity index is 1.56. The van der Waals surface area contributed by atoms with Crippen LogP contribution in [0, 0.1) is 5.92 Å². The van der Waals surface area contributed by atoms with E-state index in [-0.39, 0.29) is 5.56 Å². The van der Waals surface area contributed by atoms with Crippen molar-refractivity contribution in [1.82, 2.24) is 15.8 Å². The Morgan fingerprint density at radius 2 is 1.83 bits per heavy atom. The van der Waals surface area contributed by atoms with Gasteiger partial charge in [0.2, 0.25) is 0 Å². The van der Waals surface area contributed by atoms with Crippen molar-refractivity contribution in [2.45, 2.75) is 38.1 Å². The molecule has 0 unspecified atom stereocenters. The number of benzene rings is 1. The molecule has 1 aromatic carbocycles. The Morgan fingerprint density at radius 1 is 1.17 bits per heavy atom. The molecule has 1 saturated heterocycles. The molecule has 1 aliphatic heterocycles. The molecule has 1 aromatic rings. The van der Waals surface area contributed by atoms with Crippen LogP contribution >= 0.6 is 0 Å². The highest BCUT2D eigenvalue weighted by Gasteiger charge is 2.52. The molecule has 2 fully saturated rings. The first-order valence-electron chi connectivity index (χ1n) is 9.65. The Hall–Kier alpha value is -3.30. The topological polar surface area (TPSA) is 123 Å². The summed E-state index contributed by atoms with van der Waals surface area (Å²) in [5.74, 6) is -0.784. The quantitative estimate of drug-likeness (QED) is 0.528. The van der Waals surface area contributed by atoms with E-state index in [0.29, 0.717) is 35.3 Å². The van der Waals surface area contributed by atoms with Gasteiger partial charge in [-0.25, -0.2) is 9.59 Å². The summed E-state index contributed by atoms with van der Waals surface area (Å²) in [4.78, 5) is 49.3. The minimum absolute atomic E-state index is 0.158. The van der Waals surface area contributed by atoms with Gasteiger partial charge >= 0.3 is 12.0 Å². The van der Waals surface area contributed by atoms with E-state index >= 15 is 0 Å². The van der Waals surface area contributed by atoms with Gasteiger partial charge in [-0.2, -0.15) is 5.01 Å². The lowest BCUT2D eigenvalue weighted by Crippen LogP contribution is -2.52. The molecule has 4 amide bonds. The van der Waals surface area contributed by atoms with Crippen molar-refractivity contribution in [3.63, 3.8) is 0 Å². The van der Waals surface area contributed by atoms with E-state index in [2.05, 4.69) is 17.7 Å². The molecule has 3 rings (SSSR count). The van der Waals surface area contributed by atoms with Gasteiger partial charge in [-0.05, 0) is 49.8 Å². The predicted octanol–water partition coefficient (Wildman–Crippen LogP) is 1.39. The second-order valence-electron chi connectivity index (χ2n) is 7.52. The van der Waals surface area contributed by atoms with Crippen LogP contribution in [0.4, 0.5) is 4.79 Å². The molecule has 1 spiro atoms. The van der Waals surface area contributed by atoms with Crippen LogP contribution in [0.5, 0.6) is 11.5 Å². The molecule has 0 atom stereocenters. The molecule has 1 saturated carbocycles. The van der Waals surface area contributed by atoms with Crippen LogP contribution < -0.4 is 20.2 Å². The summed E-state index contributed by atoms with van der Waals surface area (Å²) < 4.78 is 15.2. The van der Waals surface area contributed by atoms with Crippen molar-refractivity contribution >= 4 is 23.8 Å². The third-order valence-corrected chi connectivity index (χ3v) is 5.48. The second-order valence-corrected chi connectivity index (χ2v) is 7.52. The SMILES string of the molecule is COc1ccc(C(=O)OCC(=O)NN2C(=O)NC3(CCC(C)CC3)C2=O)cc1OC. The maximum absolute atomic E-state index is 12.7. The lowest BCUT2D eigenvalue weighted by molar-refractivity contribution is -0.141. The van der Waals surface area contributed by atoms with Crippen LogP contribution in [0.2, 0.25) is 0 Å². The number of carbonyl (C=O) groups excluding carboxylic acids is 4. The lowest BCUT2D eigenvalue weighted by atomic mass is 9.77. The molecule has 1 heterocycles. The number of rotatable bonds is 6. The summed E-state index contributed by atoms with van der Waals surface area (Å²) in [7, 11) is 2.90. The third-order valence-electron chi connectivity index (χ3n) is 5.48. The van der Waals surface area contributed by atoms with Crippen LogP contribution in [-0.2, 0) is 14.3 Å². The fraction of sp³-hybridized carbons (Fsp3) is 0.500. The van der Waals surface area contributed by atoms with Crippen molar-refractivity contribution in [2.75, 3.05) is 20.8 Å². The Labute approximate surface area is 173 Å². The molecule has 10 heteroatoms. The molecule has 30 heavy (non-hydrogen) atoms. The van der Waals surface area contributed by atoms with E-state index in [1.54, 1.807) is 0 Å². The number of hydrogen-bond acceptors (Lipinski definition) is 7. The van der Waals surface area contributed by atoms with Gasteiger partial charge in [0, 0.05) is 0 Å². The van der Waals surface area contributed by atoms with Crippen molar-refractivity contribution < 1.29 is 33.4 Å². The van der Waals surface area contributed by atoms with Crippen LogP contribution in [0.15, 0.2) is 18.2 Å². The van der Waals surface area contributed by atoms with Crippen molar-refractivity contribution in [3.8, 4) is 11.5 Å². The molecule has 2 aliphatic rings. The van der Waals surface area contributed by atoms with E-state index in [1.807, 2.05) is 0 Å². The summed E-state index contributed by atoms with van der Waals surface area (Å²) in [6.07, 6.45) is 2.69. The maximum atomic E-state index is 12.7. The molecule has 10 nitrogen and oxygen atoms in total. The summed E-state index contributed by atoms with van der Waals surface area (Å²) in [5, 5.41) is 3.37. The Bertz CT molecular complexity index is 862. The first-order valence-corrected chi connectivity index (χ1v) is 9.65. The number of imide groups is 1. The van der Waals surface area contributed by atoms with E-state index in [0.717, 1.165) is 12.8 Å². The van der Waals surface area contributed by atoms with Gasteiger partial charge < -0.3 is 19.5 Å². The number of amides is 4. The number of nitrogens with one attached hydrogen (secondary N) is 2. The van der Waals surface area contributed by atoms with Crippen LogP contribution in [0.1, 0.15) is 43.0 Å². The smallest absolute Gasteiger partial charge is 0.344 e. The van der Waals surface area contributed by atoms with Crippen LogP contribution in [0.3, 0.4) is 0 Å². The molecule has 162 valence electrons. The number of hydrogen-bond donors (Lipinski definition) is 2. The maximum Gasteiger partial charge on any atom is 0.344 e. The third kappa shape index (κ3) is 4.17. The number of methoxy groups -OCH3 is 2. The number of carbonyl (C=O) groups is 4. The summed E-state index contributed by atoms with van der Waals surface area (Å²) in [5.41, 5.74) is 1.41. The van der Waals surface area contributed by atoms with Gasteiger partial charge in [0.1, 0.15) is 5.54 Å². The van der Waals surface area contributed by atoms with Crippen molar-refractivity contribution in [3.05, 3.63) is 23.8 Å². The van der Waals surface area contributed by atoms with Crippen molar-refractivity contribution in [2.24, 2.45) is 5.92 Å². The number of ether oxygens (including phenoxy) is 3. The average molecular weight is 419 g/mol. The fourth-order valence-electron chi connectivity index (χ4n) is 3.65. The predicted molar refractivity (Wildman–Crippen MR) is 104 cm³/mol. The molecular weight excluding hydrogens is 394 g/mol. The number of nitrogens with zero attached hydrogens (tertiary/aromatic N) is 1. The first-order chi connectivity index (χ1) is 14.3. The van der Waals surface area contributed by atoms with Gasteiger partial charge in [-0.15, -0.1) is 0 Å². The van der Waals surface area contributed by atoms with Gasteiger partial charge in [0.15, 0.2) is 18.1 Å². The largest absolute Gasteiger partial charge is 0.493 e. The van der Waals surface area contributed by atoms with E-state index < -0.39 is 36.0 Å². The average Bonchev–Trinajstić information content (AvgIpc) is 2.97. The van der Waals surface area contributed by atoms with E-state index in [9.17, 15) is 19.2 Å². The standard InChI is InChI=1S/C20H25N3O7/c1-12-6-8-20(9-7-12)18(26)23(19(27)21-20)22-16(24)11-30-17(25)13-4-5-14(28-2)15(10-13)29-3/h4-5,10,12H,6-9,11H2,1-3H3,(H,21,27)(H,22,24). The summed E-state index contributed by atoms with van der Waals surface area (Å²) in [6.45, 7) is 1.44. The first kappa shape index (κ1) is 21.4. The van der Waals surface area contributed by atoms with Gasteiger partial charge in [-0.1, -0.05) is 6.92 Å². The van der Waals surface area contributed by atoms with Crippen LogP contribution in [0.25, 0.3) is 0 Å². The molecule has 0 radical (unpaired) electrons. The fourth-order valence-corrected chi connectivity index (χ4v) is 3.65. The van der Waals surface area contributed by atoms with Gasteiger partial charge in [0.25, 0.3) is 11.8 Å². The van der Waals surface area contributed by atoms with E-state index in [4.69, 9.17) is 14.2 Å². The lowest BCUT2D eigenvalue weighted by Gasteiger charge is -2.33. The number of esters is 1. The Morgan fingerprint density at radius 3 is 2.47 bits per heavy atom. The van der Waals surface area contributed by atoms with Crippen LogP contribution in [-0.4, -0.2) is 55.2 Å². The highest BCUT2D eigenvalue weighted by atomic mass is 16.5. The molecule has 2 N–H and O–H groups in total. The molecule has 0 bridgehead atoms. The van der Waals surface area contributed by atoms with E-state index in [1.165, 1.54) is 32.4 Å². The van der Waals surface area contributed by atoms with Gasteiger partial charge in [-0.3, -0.25) is 15.0 Å². The molecular formula is C20H25N3O7. The highest BCUT2D eigenvalue weighted by molar-refractivity contribution is 6.08. The minimum atomic E-state index is -0.965. The molecule has 0 aromatic heterocycles. The van der Waals surface area contributed by atoms with Crippen molar-refractivity contribution in [1.29, 1.82) is 0 Å². The number of hydrazine groups is 1. The second kappa shape index (κ2) is 8.60. The van der Waals surface area contributed by atoms with Gasteiger partial charge in [0.05, 0.1) is 19.8 Å². The zero-order valence-electron chi connectivity index (χ0n) is 17.1. The summed E-state index contributed by atoms with van der Waals surface area (Å²) >= 11 is 0. The number of urea groups is 1. The molecule has 1 aliphatic carbocycles. The zero-order chi connectivity index (χ0) is 21.9. The Kier molecular flexibility index (Phi) is 6.14. The monoisotopic (exact) mass is 419 g/mol.